The van der Waals surface area contributed by atoms with E-state index in [1.165, 1.54) is 5.56 Å². The number of nitrogens with one attached hydrogen (secondary N) is 2. The molecule has 2 aromatic carbocycles. The molecule has 0 unspecified atom stereocenters. The van der Waals surface area contributed by atoms with Gasteiger partial charge in [0, 0.05) is 45.5 Å². The topological polar surface area (TPSA) is 62.2 Å². The van der Waals surface area contributed by atoms with Crippen molar-refractivity contribution in [3.8, 4) is 5.69 Å². The van der Waals surface area contributed by atoms with Crippen LogP contribution in [0.4, 0.5) is 11.4 Å². The minimum absolute atomic E-state index is 0.00714. The van der Waals surface area contributed by atoms with E-state index in [2.05, 4.69) is 80.2 Å². The number of pyridine rings is 1. The summed E-state index contributed by atoms with van der Waals surface area (Å²) in [6, 6.07) is 22.4. The van der Waals surface area contributed by atoms with Gasteiger partial charge in [0.25, 0.3) is 0 Å². The maximum atomic E-state index is 12.0. The van der Waals surface area contributed by atoms with E-state index in [0.717, 1.165) is 44.2 Å². The smallest absolute Gasteiger partial charge is 0.224 e. The lowest BCUT2D eigenvalue weighted by molar-refractivity contribution is -0.115. The molecule has 1 amide bonds. The molecule has 1 saturated heterocycles. The van der Waals surface area contributed by atoms with Crippen molar-refractivity contribution < 1.29 is 4.79 Å². The van der Waals surface area contributed by atoms with Crippen LogP contribution in [0.3, 0.4) is 0 Å². The first-order valence-corrected chi connectivity index (χ1v) is 13.8. The number of benzene rings is 2. The van der Waals surface area contributed by atoms with Crippen LogP contribution in [-0.2, 0) is 4.79 Å². The molecule has 2 N–H and O–H groups in total. The fourth-order valence-electron chi connectivity index (χ4n) is 5.23. The number of carbonyl (C=O) groups excluding carboxylic acids is 1. The Morgan fingerprint density at radius 1 is 1.05 bits per heavy atom. The number of hydrogen-bond donors (Lipinski definition) is 2. The molecular formula is C30H30BrN5OS. The molecule has 0 bridgehead atoms. The van der Waals surface area contributed by atoms with Crippen molar-refractivity contribution in [3.63, 3.8) is 0 Å². The number of anilines is 2. The highest BCUT2D eigenvalue weighted by molar-refractivity contribution is 9.10. The maximum absolute atomic E-state index is 12.0. The van der Waals surface area contributed by atoms with E-state index >= 15 is 0 Å². The first-order chi connectivity index (χ1) is 18.3. The van der Waals surface area contributed by atoms with Crippen molar-refractivity contribution >= 4 is 50.5 Å². The van der Waals surface area contributed by atoms with E-state index in [-0.39, 0.29) is 18.0 Å². The Kier molecular flexibility index (Phi) is 7.36. The number of carbonyl (C=O) groups is 1. The van der Waals surface area contributed by atoms with Crippen molar-refractivity contribution in [2.24, 2.45) is 0 Å². The number of hydrogen-bond acceptors (Lipinski definition) is 3. The number of halogens is 1. The van der Waals surface area contributed by atoms with E-state index in [9.17, 15) is 4.79 Å². The van der Waals surface area contributed by atoms with Crippen LogP contribution in [0.25, 0.3) is 5.69 Å². The molecule has 1 fully saturated rings. The summed E-state index contributed by atoms with van der Waals surface area (Å²) in [4.78, 5) is 18.9. The molecule has 4 aromatic rings. The molecule has 6 nitrogen and oxygen atoms in total. The molecule has 1 aliphatic rings. The van der Waals surface area contributed by atoms with E-state index in [1.807, 2.05) is 56.4 Å². The van der Waals surface area contributed by atoms with E-state index in [4.69, 9.17) is 17.2 Å². The number of amides is 1. The zero-order chi connectivity index (χ0) is 27.0. The predicted molar refractivity (Wildman–Crippen MR) is 161 cm³/mol. The van der Waals surface area contributed by atoms with Crippen molar-refractivity contribution in [1.29, 1.82) is 0 Å². The van der Waals surface area contributed by atoms with Crippen LogP contribution in [-0.4, -0.2) is 20.6 Å². The van der Waals surface area contributed by atoms with Gasteiger partial charge >= 0.3 is 0 Å². The third-order valence-electron chi connectivity index (χ3n) is 7.04. The van der Waals surface area contributed by atoms with Gasteiger partial charge in [0.2, 0.25) is 5.91 Å². The highest BCUT2D eigenvalue weighted by Gasteiger charge is 2.42. The highest BCUT2D eigenvalue weighted by Crippen LogP contribution is 2.44. The average Bonchev–Trinajstić information content (AvgIpc) is 3.40. The van der Waals surface area contributed by atoms with Crippen LogP contribution in [0.15, 0.2) is 77.4 Å². The summed E-state index contributed by atoms with van der Waals surface area (Å²) in [6.07, 6.45) is 2.25. The summed E-state index contributed by atoms with van der Waals surface area (Å²) >= 11 is 9.56. The molecule has 194 valence electrons. The number of aryl methyl sites for hydroxylation is 2. The number of rotatable bonds is 6. The second-order valence-corrected chi connectivity index (χ2v) is 10.8. The number of thiocarbonyl (C=S) groups is 1. The molecule has 0 aliphatic carbocycles. The van der Waals surface area contributed by atoms with Gasteiger partial charge in [0.1, 0.15) is 0 Å². The lowest BCUT2D eigenvalue weighted by atomic mass is 9.96. The Morgan fingerprint density at radius 3 is 2.55 bits per heavy atom. The molecule has 8 heteroatoms. The van der Waals surface area contributed by atoms with E-state index in [1.54, 1.807) is 0 Å². The van der Waals surface area contributed by atoms with Crippen LogP contribution in [0.2, 0.25) is 0 Å². The number of aromatic nitrogens is 2. The van der Waals surface area contributed by atoms with Crippen molar-refractivity contribution in [3.05, 3.63) is 106 Å². The Bertz CT molecular complexity index is 1520. The van der Waals surface area contributed by atoms with Crippen LogP contribution in [0, 0.1) is 20.8 Å². The normalized spacial score (nSPS) is 17.0. The van der Waals surface area contributed by atoms with Crippen molar-refractivity contribution in [1.82, 2.24) is 14.9 Å². The molecule has 0 spiro atoms. The summed E-state index contributed by atoms with van der Waals surface area (Å²) in [5, 5.41) is 7.18. The summed E-state index contributed by atoms with van der Waals surface area (Å²) in [6.45, 7) is 8.15. The van der Waals surface area contributed by atoms with Crippen LogP contribution in [0.5, 0.6) is 0 Å². The van der Waals surface area contributed by atoms with E-state index in [0.29, 0.717) is 11.5 Å². The van der Waals surface area contributed by atoms with Crippen LogP contribution >= 0.6 is 28.1 Å². The highest BCUT2D eigenvalue weighted by atomic mass is 79.9. The summed E-state index contributed by atoms with van der Waals surface area (Å²) in [5.41, 5.74) is 8.24. The molecule has 1 aliphatic heterocycles. The first kappa shape index (κ1) is 26.1. The number of nitrogens with zero attached hydrogens (tertiary/aromatic N) is 3. The van der Waals surface area contributed by atoms with Gasteiger partial charge in [-0.3, -0.25) is 9.78 Å². The quantitative estimate of drug-likeness (QED) is 0.236. The molecule has 2 aromatic heterocycles. The fraction of sp³-hybridized carbons (Fsp3) is 0.233. The van der Waals surface area contributed by atoms with Crippen molar-refractivity contribution in [2.75, 3.05) is 10.2 Å². The van der Waals surface area contributed by atoms with Gasteiger partial charge in [-0.15, -0.1) is 0 Å². The van der Waals surface area contributed by atoms with Crippen LogP contribution < -0.4 is 15.5 Å². The zero-order valence-electron chi connectivity index (χ0n) is 21.8. The lowest BCUT2D eigenvalue weighted by Gasteiger charge is -2.29. The Hall–Kier alpha value is -3.49. The predicted octanol–water partition coefficient (Wildman–Crippen LogP) is 7.09. The standard InChI is InChI=1S/C30H30BrN5OS/c1-5-27(37)33-25-13-12-23(15-18(25)2)36-29(28(34-30(36)38)26-11-6-7-14-32-26)24-16-19(3)35(20(24)4)22-10-8-9-21(31)17-22/h6-17,28-29H,5H2,1-4H3,(H,33,37)(H,34,38)/t28-,29-/m1/s1. The summed E-state index contributed by atoms with van der Waals surface area (Å²) in [5.74, 6) is -0.00714. The van der Waals surface area contributed by atoms with E-state index < -0.39 is 0 Å². The third kappa shape index (κ3) is 4.86. The molecule has 0 saturated carbocycles. The van der Waals surface area contributed by atoms with Gasteiger partial charge in [0.05, 0.1) is 17.8 Å². The summed E-state index contributed by atoms with van der Waals surface area (Å²) < 4.78 is 3.32. The zero-order valence-corrected chi connectivity index (χ0v) is 24.2. The molecule has 0 radical (unpaired) electrons. The monoisotopic (exact) mass is 587 g/mol. The SMILES string of the molecule is CCC(=O)Nc1ccc(N2C(=S)N[C@H](c3ccccn3)[C@H]2c2cc(C)n(-c3cccc(Br)c3)c2C)cc1C. The first-order valence-electron chi connectivity index (χ1n) is 12.6. The van der Waals surface area contributed by atoms with Crippen LogP contribution in [0.1, 0.15) is 53.6 Å². The van der Waals surface area contributed by atoms with Gasteiger partial charge in [-0.1, -0.05) is 35.0 Å². The van der Waals surface area contributed by atoms with Crippen molar-refractivity contribution in [2.45, 2.75) is 46.2 Å². The van der Waals surface area contributed by atoms with Gasteiger partial charge in [0.15, 0.2) is 5.11 Å². The molecule has 38 heavy (non-hydrogen) atoms. The van der Waals surface area contributed by atoms with Gasteiger partial charge in [-0.05, 0) is 98.7 Å². The van der Waals surface area contributed by atoms with Gasteiger partial charge in [-0.2, -0.15) is 0 Å². The second kappa shape index (κ2) is 10.7. The lowest BCUT2D eigenvalue weighted by Crippen LogP contribution is -2.29. The Labute approximate surface area is 237 Å². The Morgan fingerprint density at radius 2 is 1.87 bits per heavy atom. The van der Waals surface area contributed by atoms with Gasteiger partial charge in [-0.25, -0.2) is 0 Å². The maximum Gasteiger partial charge on any atom is 0.224 e. The Balaban J connectivity index is 1.64. The minimum atomic E-state index is -0.139. The average molecular weight is 589 g/mol. The largest absolute Gasteiger partial charge is 0.351 e. The van der Waals surface area contributed by atoms with Gasteiger partial charge < -0.3 is 20.1 Å². The molecule has 5 rings (SSSR count). The summed E-state index contributed by atoms with van der Waals surface area (Å²) in [7, 11) is 0. The minimum Gasteiger partial charge on any atom is -0.351 e. The fourth-order valence-corrected chi connectivity index (χ4v) is 5.96. The molecule has 2 atom stereocenters. The molecular weight excluding hydrogens is 558 g/mol. The second-order valence-electron chi connectivity index (χ2n) is 9.54. The molecule has 3 heterocycles. The third-order valence-corrected chi connectivity index (χ3v) is 7.84.